The van der Waals surface area contributed by atoms with Crippen LogP contribution in [0.5, 0.6) is 0 Å². The van der Waals surface area contributed by atoms with Gasteiger partial charge in [-0.1, -0.05) is 0 Å². The predicted octanol–water partition coefficient (Wildman–Crippen LogP) is 2.82. The van der Waals surface area contributed by atoms with Crippen LogP contribution < -0.4 is 10.6 Å². The predicted molar refractivity (Wildman–Crippen MR) is 74.3 cm³/mol. The summed E-state index contributed by atoms with van der Waals surface area (Å²) in [6.07, 6.45) is 3.71. The number of amides is 1. The molecule has 1 aliphatic rings. The second kappa shape index (κ2) is 5.18. The van der Waals surface area contributed by atoms with Gasteiger partial charge in [0.1, 0.15) is 5.76 Å². The highest BCUT2D eigenvalue weighted by Gasteiger charge is 2.11. The molecule has 1 amide bonds. The van der Waals surface area contributed by atoms with Gasteiger partial charge in [-0.25, -0.2) is 0 Å². The molecule has 0 saturated carbocycles. The molecule has 0 bridgehead atoms. The van der Waals surface area contributed by atoms with Crippen LogP contribution in [0.4, 0.5) is 11.4 Å². The number of carbonyl (C=O) groups is 1. The highest BCUT2D eigenvalue weighted by atomic mass is 16.3. The number of hydrogen-bond donors (Lipinski definition) is 2. The highest BCUT2D eigenvalue weighted by molar-refractivity contribution is 5.91. The topological polar surface area (TPSA) is 54.3 Å². The number of anilines is 2. The smallest absolute Gasteiger partial charge is 0.224 e. The minimum absolute atomic E-state index is 0.0160. The largest absolute Gasteiger partial charge is 0.469 e. The number of rotatable bonds is 4. The number of aryl methyl sites for hydroxylation is 1. The molecular weight excluding hydrogens is 240 g/mol. The fourth-order valence-corrected chi connectivity index (χ4v) is 2.30. The van der Waals surface area contributed by atoms with Gasteiger partial charge in [-0.05, 0) is 42.3 Å². The molecule has 0 fully saturated rings. The molecule has 4 heteroatoms. The Morgan fingerprint density at radius 1 is 1.37 bits per heavy atom. The van der Waals surface area contributed by atoms with Crippen LogP contribution in [-0.2, 0) is 17.6 Å². The Bertz CT molecular complexity index is 576. The summed E-state index contributed by atoms with van der Waals surface area (Å²) < 4.78 is 5.21. The van der Waals surface area contributed by atoms with Crippen LogP contribution in [0.25, 0.3) is 0 Å². The van der Waals surface area contributed by atoms with Crippen molar-refractivity contribution in [2.45, 2.75) is 19.3 Å². The molecule has 0 spiro atoms. The summed E-state index contributed by atoms with van der Waals surface area (Å²) in [7, 11) is 0. The standard InChI is InChI=1S/C15H16N2O2/c18-15(6-4-13-2-1-9-19-13)17-12-3-5-14-11(10-12)7-8-16-14/h1-3,5,9-10,16H,4,6-8H2,(H,17,18). The maximum Gasteiger partial charge on any atom is 0.224 e. The maximum atomic E-state index is 11.8. The van der Waals surface area contributed by atoms with Gasteiger partial charge in [0, 0.05) is 30.8 Å². The van der Waals surface area contributed by atoms with Crippen molar-refractivity contribution in [1.82, 2.24) is 0 Å². The van der Waals surface area contributed by atoms with E-state index in [0.717, 1.165) is 24.4 Å². The van der Waals surface area contributed by atoms with Crippen molar-refractivity contribution in [3.05, 3.63) is 47.9 Å². The lowest BCUT2D eigenvalue weighted by Gasteiger charge is -2.06. The molecule has 0 unspecified atom stereocenters. The summed E-state index contributed by atoms with van der Waals surface area (Å²) in [5, 5.41) is 6.22. The first-order valence-electron chi connectivity index (χ1n) is 6.50. The first-order valence-corrected chi connectivity index (χ1v) is 6.50. The summed E-state index contributed by atoms with van der Waals surface area (Å²) in [6.45, 7) is 0.977. The van der Waals surface area contributed by atoms with Crippen molar-refractivity contribution in [2.75, 3.05) is 17.2 Å². The SMILES string of the molecule is O=C(CCc1ccco1)Nc1ccc2c(c1)CCN2. The number of benzene rings is 1. The van der Waals surface area contributed by atoms with Crippen LogP contribution in [-0.4, -0.2) is 12.5 Å². The third kappa shape index (κ3) is 2.78. The summed E-state index contributed by atoms with van der Waals surface area (Å²) in [4.78, 5) is 11.8. The average Bonchev–Trinajstić information content (AvgIpc) is 3.07. The third-order valence-corrected chi connectivity index (χ3v) is 3.28. The van der Waals surface area contributed by atoms with Crippen LogP contribution in [0.3, 0.4) is 0 Å². The van der Waals surface area contributed by atoms with E-state index in [1.165, 1.54) is 11.3 Å². The number of furan rings is 1. The van der Waals surface area contributed by atoms with E-state index in [4.69, 9.17) is 4.42 Å². The monoisotopic (exact) mass is 256 g/mol. The Morgan fingerprint density at radius 2 is 2.32 bits per heavy atom. The van der Waals surface area contributed by atoms with Crippen molar-refractivity contribution in [2.24, 2.45) is 0 Å². The van der Waals surface area contributed by atoms with Gasteiger partial charge in [0.25, 0.3) is 0 Å². The van der Waals surface area contributed by atoms with Gasteiger partial charge in [0.15, 0.2) is 0 Å². The van der Waals surface area contributed by atoms with E-state index in [9.17, 15) is 4.79 Å². The van der Waals surface area contributed by atoms with Crippen LogP contribution in [0.2, 0.25) is 0 Å². The van der Waals surface area contributed by atoms with Gasteiger partial charge in [0.2, 0.25) is 5.91 Å². The van der Waals surface area contributed by atoms with Crippen LogP contribution >= 0.6 is 0 Å². The van der Waals surface area contributed by atoms with Crippen molar-refractivity contribution < 1.29 is 9.21 Å². The Kier molecular flexibility index (Phi) is 3.23. The Hall–Kier alpha value is -2.23. The Labute approximate surface area is 111 Å². The number of carbonyl (C=O) groups excluding carboxylic acids is 1. The minimum Gasteiger partial charge on any atom is -0.469 e. The lowest BCUT2D eigenvalue weighted by molar-refractivity contribution is -0.116. The molecule has 3 rings (SSSR count). The van der Waals surface area contributed by atoms with Crippen LogP contribution in [0, 0.1) is 0 Å². The fourth-order valence-electron chi connectivity index (χ4n) is 2.30. The molecule has 1 aromatic heterocycles. The molecule has 1 aromatic carbocycles. The second-order valence-electron chi connectivity index (χ2n) is 4.68. The molecule has 1 aliphatic heterocycles. The molecule has 0 saturated heterocycles. The number of hydrogen-bond acceptors (Lipinski definition) is 3. The molecule has 2 heterocycles. The molecular formula is C15H16N2O2. The average molecular weight is 256 g/mol. The first-order chi connectivity index (χ1) is 9.31. The van der Waals surface area contributed by atoms with E-state index in [-0.39, 0.29) is 5.91 Å². The maximum absolute atomic E-state index is 11.8. The molecule has 98 valence electrons. The molecule has 0 radical (unpaired) electrons. The van der Waals surface area contributed by atoms with E-state index < -0.39 is 0 Å². The van der Waals surface area contributed by atoms with E-state index in [0.29, 0.717) is 12.8 Å². The quantitative estimate of drug-likeness (QED) is 0.884. The van der Waals surface area contributed by atoms with E-state index in [2.05, 4.69) is 10.6 Å². The van der Waals surface area contributed by atoms with Gasteiger partial charge in [-0.2, -0.15) is 0 Å². The van der Waals surface area contributed by atoms with Crippen LogP contribution in [0.15, 0.2) is 41.0 Å². The molecule has 2 aromatic rings. The molecule has 2 N–H and O–H groups in total. The van der Waals surface area contributed by atoms with E-state index in [1.807, 2.05) is 30.3 Å². The van der Waals surface area contributed by atoms with Gasteiger partial charge in [-0.15, -0.1) is 0 Å². The summed E-state index contributed by atoms with van der Waals surface area (Å²) >= 11 is 0. The second-order valence-corrected chi connectivity index (χ2v) is 4.68. The number of nitrogens with one attached hydrogen (secondary N) is 2. The third-order valence-electron chi connectivity index (χ3n) is 3.28. The molecule has 0 atom stereocenters. The normalized spacial score (nSPS) is 12.8. The van der Waals surface area contributed by atoms with Crippen LogP contribution in [0.1, 0.15) is 17.7 Å². The zero-order chi connectivity index (χ0) is 13.1. The van der Waals surface area contributed by atoms with Crippen molar-refractivity contribution in [3.63, 3.8) is 0 Å². The zero-order valence-electron chi connectivity index (χ0n) is 10.6. The zero-order valence-corrected chi connectivity index (χ0v) is 10.6. The fraction of sp³-hybridized carbons (Fsp3) is 0.267. The summed E-state index contributed by atoms with van der Waals surface area (Å²) in [5.74, 6) is 0.857. The Morgan fingerprint density at radius 3 is 3.16 bits per heavy atom. The van der Waals surface area contributed by atoms with Crippen molar-refractivity contribution in [3.8, 4) is 0 Å². The van der Waals surface area contributed by atoms with E-state index >= 15 is 0 Å². The summed E-state index contributed by atoms with van der Waals surface area (Å²) in [5.41, 5.74) is 3.31. The first kappa shape index (κ1) is 11.8. The van der Waals surface area contributed by atoms with E-state index in [1.54, 1.807) is 6.26 Å². The van der Waals surface area contributed by atoms with Gasteiger partial charge in [0.05, 0.1) is 6.26 Å². The molecule has 19 heavy (non-hydrogen) atoms. The minimum atomic E-state index is 0.0160. The Balaban J connectivity index is 1.57. The lowest BCUT2D eigenvalue weighted by Crippen LogP contribution is -2.12. The van der Waals surface area contributed by atoms with Gasteiger partial charge < -0.3 is 15.1 Å². The lowest BCUT2D eigenvalue weighted by atomic mass is 10.1. The highest BCUT2D eigenvalue weighted by Crippen LogP contribution is 2.25. The number of fused-ring (bicyclic) bond motifs is 1. The molecule has 4 nitrogen and oxygen atoms in total. The van der Waals surface area contributed by atoms with Crippen molar-refractivity contribution >= 4 is 17.3 Å². The van der Waals surface area contributed by atoms with Gasteiger partial charge in [-0.3, -0.25) is 4.79 Å². The summed E-state index contributed by atoms with van der Waals surface area (Å²) in [6, 6.07) is 9.71. The van der Waals surface area contributed by atoms with Crippen molar-refractivity contribution in [1.29, 1.82) is 0 Å². The molecule has 0 aliphatic carbocycles. The van der Waals surface area contributed by atoms with Gasteiger partial charge >= 0.3 is 0 Å².